The first-order chi connectivity index (χ1) is 17.3. The largest absolute Gasteiger partial charge is 0.507 e. The molecule has 1 aliphatic carbocycles. The molecule has 4 rings (SSSR count). The van der Waals surface area contributed by atoms with E-state index >= 15 is 0 Å². The average molecular weight is 499 g/mol. The number of nitrogens with one attached hydrogen (secondary N) is 1. The lowest BCUT2D eigenvalue weighted by atomic mass is 9.78. The van der Waals surface area contributed by atoms with Gasteiger partial charge in [0.1, 0.15) is 5.75 Å². The van der Waals surface area contributed by atoms with Gasteiger partial charge in [0, 0.05) is 18.3 Å². The Labute approximate surface area is 222 Å². The number of fused-ring (bicyclic) bond motifs is 1. The highest BCUT2D eigenvalue weighted by Gasteiger charge is 2.32. The zero-order valence-electron chi connectivity index (χ0n) is 23.7. The van der Waals surface area contributed by atoms with Crippen LogP contribution in [0.3, 0.4) is 0 Å². The van der Waals surface area contributed by atoms with Gasteiger partial charge in [-0.1, -0.05) is 83.5 Å². The fraction of sp³-hybridized carbons (Fsp3) is 0.424. The molecule has 0 saturated carbocycles. The molecular weight excluding hydrogens is 456 g/mol. The van der Waals surface area contributed by atoms with Crippen LogP contribution in [-0.2, 0) is 30.2 Å². The monoisotopic (exact) mass is 498 g/mol. The van der Waals surface area contributed by atoms with E-state index in [1.807, 2.05) is 17.0 Å². The lowest BCUT2D eigenvalue weighted by molar-refractivity contribution is 0.243. The van der Waals surface area contributed by atoms with Gasteiger partial charge in [0.25, 0.3) is 0 Å². The van der Waals surface area contributed by atoms with Gasteiger partial charge in [0.05, 0.1) is 0 Å². The van der Waals surface area contributed by atoms with Crippen LogP contribution in [0.5, 0.6) is 5.75 Å². The SMILES string of the molecule is Cc1ccc(N(C(=O)NCc2cc(C(C)(C)C)c(O)c(C(C)(C)C)c2)C2Cc3ccccc3C2)c(C)c1. The summed E-state index contributed by atoms with van der Waals surface area (Å²) in [5, 5.41) is 14.3. The molecule has 3 aromatic carbocycles. The van der Waals surface area contributed by atoms with Crippen LogP contribution in [0.1, 0.15) is 80.5 Å². The molecule has 0 radical (unpaired) electrons. The van der Waals surface area contributed by atoms with Crippen molar-refractivity contribution in [3.8, 4) is 5.75 Å². The predicted octanol–water partition coefficient (Wildman–Crippen LogP) is 7.49. The highest BCUT2D eigenvalue weighted by Crippen LogP contribution is 2.40. The van der Waals surface area contributed by atoms with Crippen LogP contribution in [0.15, 0.2) is 54.6 Å². The highest BCUT2D eigenvalue weighted by atomic mass is 16.3. The number of anilines is 1. The molecule has 4 nitrogen and oxygen atoms in total. The first-order valence-electron chi connectivity index (χ1n) is 13.3. The molecule has 2 amide bonds. The third kappa shape index (κ3) is 5.69. The number of amides is 2. The summed E-state index contributed by atoms with van der Waals surface area (Å²) in [6.07, 6.45) is 1.69. The summed E-state index contributed by atoms with van der Waals surface area (Å²) >= 11 is 0. The Balaban J connectivity index is 1.66. The molecule has 0 saturated heterocycles. The zero-order chi connectivity index (χ0) is 27.1. The van der Waals surface area contributed by atoms with Crippen molar-refractivity contribution in [1.82, 2.24) is 5.32 Å². The van der Waals surface area contributed by atoms with Crippen molar-refractivity contribution in [3.63, 3.8) is 0 Å². The molecule has 0 aliphatic heterocycles. The molecule has 2 N–H and O–H groups in total. The Kier molecular flexibility index (Phi) is 7.16. The van der Waals surface area contributed by atoms with Gasteiger partial charge in [-0.15, -0.1) is 0 Å². The number of nitrogens with zero attached hydrogens (tertiary/aromatic N) is 1. The van der Waals surface area contributed by atoms with Gasteiger partial charge in [-0.25, -0.2) is 4.79 Å². The Bertz CT molecular complexity index is 1250. The van der Waals surface area contributed by atoms with Crippen LogP contribution in [0, 0.1) is 13.8 Å². The molecule has 0 spiro atoms. The number of benzene rings is 3. The van der Waals surface area contributed by atoms with Crippen LogP contribution >= 0.6 is 0 Å². The first kappa shape index (κ1) is 26.8. The van der Waals surface area contributed by atoms with E-state index in [4.69, 9.17) is 0 Å². The van der Waals surface area contributed by atoms with Gasteiger partial charge in [-0.05, 0) is 89.1 Å². The lowest BCUT2D eigenvalue weighted by Gasteiger charge is -2.31. The van der Waals surface area contributed by atoms with Crippen molar-refractivity contribution in [2.45, 2.75) is 91.6 Å². The molecule has 0 unspecified atom stereocenters. The summed E-state index contributed by atoms with van der Waals surface area (Å²) in [5.74, 6) is 0.357. The van der Waals surface area contributed by atoms with Crippen molar-refractivity contribution in [1.29, 1.82) is 0 Å². The number of urea groups is 1. The number of carbonyl (C=O) groups excluding carboxylic acids is 1. The second kappa shape index (κ2) is 9.89. The molecule has 4 heteroatoms. The summed E-state index contributed by atoms with van der Waals surface area (Å²) in [7, 11) is 0. The minimum absolute atomic E-state index is 0.0638. The van der Waals surface area contributed by atoms with Crippen molar-refractivity contribution in [2.75, 3.05) is 4.90 Å². The minimum atomic E-state index is -0.217. The predicted molar refractivity (Wildman–Crippen MR) is 154 cm³/mol. The summed E-state index contributed by atoms with van der Waals surface area (Å²) in [5.41, 5.74) is 8.24. The second-order valence-corrected chi connectivity index (χ2v) is 12.7. The smallest absolute Gasteiger partial charge is 0.322 e. The molecule has 0 atom stereocenters. The highest BCUT2D eigenvalue weighted by molar-refractivity contribution is 5.93. The van der Waals surface area contributed by atoms with Gasteiger partial charge in [0.2, 0.25) is 0 Å². The quantitative estimate of drug-likeness (QED) is 0.392. The van der Waals surface area contributed by atoms with E-state index in [0.29, 0.717) is 12.3 Å². The maximum atomic E-state index is 13.9. The lowest BCUT2D eigenvalue weighted by Crippen LogP contribution is -2.47. The standard InChI is InChI=1S/C33H42N2O2/c1-21-13-14-29(22(2)15-21)35(26-18-24-11-9-10-12-25(24)19-26)31(37)34-20-23-16-27(32(3,4)5)30(36)28(17-23)33(6,7)8/h9-17,26,36H,18-20H2,1-8H3,(H,34,37). The van der Waals surface area contributed by atoms with E-state index < -0.39 is 0 Å². The zero-order valence-corrected chi connectivity index (χ0v) is 23.7. The molecule has 0 fully saturated rings. The van der Waals surface area contributed by atoms with Gasteiger partial charge in [-0.3, -0.25) is 4.90 Å². The van der Waals surface area contributed by atoms with Crippen LogP contribution in [0.4, 0.5) is 10.5 Å². The van der Waals surface area contributed by atoms with E-state index in [1.165, 1.54) is 16.7 Å². The van der Waals surface area contributed by atoms with E-state index in [1.54, 1.807) is 0 Å². The third-order valence-corrected chi connectivity index (χ3v) is 7.45. The summed E-state index contributed by atoms with van der Waals surface area (Å²) in [6, 6.07) is 18.8. The first-order valence-corrected chi connectivity index (χ1v) is 13.3. The van der Waals surface area contributed by atoms with Crippen molar-refractivity contribution >= 4 is 11.7 Å². The summed E-state index contributed by atoms with van der Waals surface area (Å²) in [6.45, 7) is 17.2. The van der Waals surface area contributed by atoms with Gasteiger partial charge in [0.15, 0.2) is 0 Å². The maximum Gasteiger partial charge on any atom is 0.322 e. The van der Waals surface area contributed by atoms with Crippen LogP contribution < -0.4 is 10.2 Å². The number of rotatable bonds is 4. The average Bonchev–Trinajstić information content (AvgIpc) is 3.22. The topological polar surface area (TPSA) is 52.6 Å². The Morgan fingerprint density at radius 2 is 1.43 bits per heavy atom. The number of phenols is 1. The molecule has 0 heterocycles. The number of carbonyl (C=O) groups is 1. The Hall–Kier alpha value is -3.27. The normalized spacial score (nSPS) is 13.9. The Morgan fingerprint density at radius 1 is 0.892 bits per heavy atom. The fourth-order valence-electron chi connectivity index (χ4n) is 5.47. The van der Waals surface area contributed by atoms with E-state index in [2.05, 4.69) is 103 Å². The fourth-order valence-corrected chi connectivity index (χ4v) is 5.47. The van der Waals surface area contributed by atoms with Crippen molar-refractivity contribution < 1.29 is 9.90 Å². The number of hydrogen-bond donors (Lipinski definition) is 2. The molecule has 196 valence electrons. The molecule has 37 heavy (non-hydrogen) atoms. The number of aromatic hydroxyl groups is 1. The number of phenolic OH excluding ortho intramolecular Hbond substituents is 1. The maximum absolute atomic E-state index is 13.9. The molecule has 0 bridgehead atoms. The van der Waals surface area contributed by atoms with Crippen molar-refractivity contribution in [3.05, 3.63) is 93.5 Å². The van der Waals surface area contributed by atoms with Crippen LogP contribution in [-0.4, -0.2) is 17.2 Å². The number of aryl methyl sites for hydroxylation is 2. The van der Waals surface area contributed by atoms with E-state index in [9.17, 15) is 9.90 Å². The second-order valence-electron chi connectivity index (χ2n) is 12.7. The molecule has 1 aliphatic rings. The van der Waals surface area contributed by atoms with E-state index in [-0.39, 0.29) is 22.9 Å². The van der Waals surface area contributed by atoms with Gasteiger partial charge in [-0.2, -0.15) is 0 Å². The summed E-state index contributed by atoms with van der Waals surface area (Å²) < 4.78 is 0. The van der Waals surface area contributed by atoms with Crippen LogP contribution in [0.25, 0.3) is 0 Å². The molecular formula is C33H42N2O2. The van der Waals surface area contributed by atoms with E-state index in [0.717, 1.165) is 40.8 Å². The minimum Gasteiger partial charge on any atom is -0.507 e. The molecule has 0 aromatic heterocycles. The number of hydrogen-bond acceptors (Lipinski definition) is 2. The van der Waals surface area contributed by atoms with Crippen molar-refractivity contribution in [2.24, 2.45) is 0 Å². The Morgan fingerprint density at radius 3 is 1.92 bits per heavy atom. The third-order valence-electron chi connectivity index (χ3n) is 7.45. The van der Waals surface area contributed by atoms with Crippen LogP contribution in [0.2, 0.25) is 0 Å². The molecule has 3 aromatic rings. The van der Waals surface area contributed by atoms with Gasteiger partial charge < -0.3 is 10.4 Å². The van der Waals surface area contributed by atoms with Gasteiger partial charge >= 0.3 is 6.03 Å². The summed E-state index contributed by atoms with van der Waals surface area (Å²) in [4.78, 5) is 15.9.